The number of nitrogens with zero attached hydrogens (tertiary/aromatic N) is 1. The summed E-state index contributed by atoms with van der Waals surface area (Å²) in [5.41, 5.74) is 2.14. The maximum Gasteiger partial charge on any atom is 0.422 e. The number of carbonyl (C=O) groups is 1. The van der Waals surface area contributed by atoms with E-state index in [1.54, 1.807) is 30.3 Å². The number of ketones is 1. The second kappa shape index (κ2) is 5.95. The van der Waals surface area contributed by atoms with Gasteiger partial charge in [-0.25, -0.2) is 4.98 Å². The molecule has 110 valence electrons. The van der Waals surface area contributed by atoms with Gasteiger partial charge in [0.15, 0.2) is 12.4 Å². The van der Waals surface area contributed by atoms with Crippen LogP contribution < -0.4 is 4.74 Å². The van der Waals surface area contributed by atoms with Gasteiger partial charge in [0.1, 0.15) is 0 Å². The second-order valence-electron chi connectivity index (χ2n) is 4.42. The molecule has 0 aliphatic heterocycles. The van der Waals surface area contributed by atoms with Gasteiger partial charge >= 0.3 is 6.18 Å². The number of carbonyl (C=O) groups excluding carboxylic acids is 1. The van der Waals surface area contributed by atoms with Gasteiger partial charge in [-0.15, -0.1) is 0 Å². The fraction of sp³-hybridized carbons (Fsp3) is 0.200. The van der Waals surface area contributed by atoms with E-state index in [-0.39, 0.29) is 11.7 Å². The topological polar surface area (TPSA) is 39.2 Å². The Balaban J connectivity index is 2.09. The Morgan fingerprint density at radius 3 is 2.19 bits per heavy atom. The summed E-state index contributed by atoms with van der Waals surface area (Å²) >= 11 is 0. The molecule has 0 saturated carbocycles. The fourth-order valence-corrected chi connectivity index (χ4v) is 1.69. The molecule has 2 aromatic rings. The summed E-state index contributed by atoms with van der Waals surface area (Å²) in [6, 6.07) is 9.87. The summed E-state index contributed by atoms with van der Waals surface area (Å²) in [5, 5.41) is 0. The number of alkyl halides is 3. The minimum absolute atomic E-state index is 0.0319. The maximum atomic E-state index is 12.0. The Bertz CT molecular complexity index is 619. The Morgan fingerprint density at radius 2 is 1.71 bits per heavy atom. The largest absolute Gasteiger partial charge is 0.468 e. The highest BCUT2D eigenvalue weighted by Gasteiger charge is 2.28. The van der Waals surface area contributed by atoms with Crippen LogP contribution in [0, 0.1) is 0 Å². The lowest BCUT2D eigenvalue weighted by molar-refractivity contribution is -0.154. The van der Waals surface area contributed by atoms with Crippen LogP contribution in [0.1, 0.15) is 17.3 Å². The van der Waals surface area contributed by atoms with E-state index in [4.69, 9.17) is 0 Å². The van der Waals surface area contributed by atoms with E-state index < -0.39 is 12.8 Å². The predicted octanol–water partition coefficient (Wildman–Crippen LogP) is 3.89. The van der Waals surface area contributed by atoms with Crippen LogP contribution in [0.25, 0.3) is 11.1 Å². The number of halogens is 3. The van der Waals surface area contributed by atoms with Gasteiger partial charge in [0.05, 0.1) is 0 Å². The number of Topliss-reactive ketones (excluding diaryl/α,β-unsaturated/α-hetero) is 1. The van der Waals surface area contributed by atoms with Crippen molar-refractivity contribution in [2.45, 2.75) is 13.1 Å². The molecule has 0 amide bonds. The monoisotopic (exact) mass is 295 g/mol. The number of hydrogen-bond acceptors (Lipinski definition) is 3. The van der Waals surface area contributed by atoms with Crippen molar-refractivity contribution in [2.75, 3.05) is 6.61 Å². The first-order chi connectivity index (χ1) is 9.85. The summed E-state index contributed by atoms with van der Waals surface area (Å²) < 4.78 is 40.6. The molecule has 0 unspecified atom stereocenters. The van der Waals surface area contributed by atoms with Crippen molar-refractivity contribution in [1.29, 1.82) is 0 Å². The second-order valence-corrected chi connectivity index (χ2v) is 4.42. The third-order valence-electron chi connectivity index (χ3n) is 2.74. The van der Waals surface area contributed by atoms with Gasteiger partial charge in [-0.05, 0) is 18.6 Å². The third kappa shape index (κ3) is 4.30. The van der Waals surface area contributed by atoms with Crippen LogP contribution in [-0.2, 0) is 0 Å². The molecule has 0 aliphatic rings. The number of pyridine rings is 1. The Morgan fingerprint density at radius 1 is 1.10 bits per heavy atom. The van der Waals surface area contributed by atoms with Crippen LogP contribution in [-0.4, -0.2) is 23.6 Å². The van der Waals surface area contributed by atoms with Crippen molar-refractivity contribution < 1.29 is 22.7 Å². The van der Waals surface area contributed by atoms with Gasteiger partial charge in [-0.2, -0.15) is 13.2 Å². The molecule has 1 aromatic heterocycles. The normalized spacial score (nSPS) is 11.2. The van der Waals surface area contributed by atoms with E-state index >= 15 is 0 Å². The first kappa shape index (κ1) is 15.0. The van der Waals surface area contributed by atoms with Gasteiger partial charge in [0.2, 0.25) is 5.88 Å². The van der Waals surface area contributed by atoms with Gasteiger partial charge < -0.3 is 4.74 Å². The number of ether oxygens (including phenoxy) is 1. The number of hydrogen-bond donors (Lipinski definition) is 0. The molecule has 0 saturated heterocycles. The highest BCUT2D eigenvalue weighted by Crippen LogP contribution is 2.22. The molecule has 0 spiro atoms. The van der Waals surface area contributed by atoms with Crippen LogP contribution in [0.3, 0.4) is 0 Å². The minimum atomic E-state index is -4.39. The van der Waals surface area contributed by atoms with Crippen molar-refractivity contribution in [3.63, 3.8) is 0 Å². The molecule has 1 heterocycles. The van der Waals surface area contributed by atoms with E-state index in [1.165, 1.54) is 19.2 Å². The summed E-state index contributed by atoms with van der Waals surface area (Å²) in [7, 11) is 0. The number of benzene rings is 1. The summed E-state index contributed by atoms with van der Waals surface area (Å²) in [6.07, 6.45) is -2.96. The molecule has 0 bridgehead atoms. The van der Waals surface area contributed by atoms with Gasteiger partial charge in [0, 0.05) is 23.4 Å². The molecule has 0 N–H and O–H groups in total. The van der Waals surface area contributed by atoms with E-state index in [0.29, 0.717) is 5.56 Å². The van der Waals surface area contributed by atoms with Crippen LogP contribution in [0.4, 0.5) is 13.2 Å². The molecule has 3 nitrogen and oxygen atoms in total. The molecule has 0 fully saturated rings. The van der Waals surface area contributed by atoms with Crippen molar-refractivity contribution in [3.8, 4) is 17.0 Å². The van der Waals surface area contributed by atoms with Crippen molar-refractivity contribution in [1.82, 2.24) is 4.98 Å². The number of rotatable bonds is 4. The molecular formula is C15H12F3NO2. The first-order valence-electron chi connectivity index (χ1n) is 6.12. The highest BCUT2D eigenvalue weighted by atomic mass is 19.4. The predicted molar refractivity (Wildman–Crippen MR) is 71.2 cm³/mol. The van der Waals surface area contributed by atoms with E-state index in [9.17, 15) is 18.0 Å². The van der Waals surface area contributed by atoms with Crippen LogP contribution in [0.5, 0.6) is 5.88 Å². The lowest BCUT2D eigenvalue weighted by atomic mass is 10.0. The molecule has 0 atom stereocenters. The van der Waals surface area contributed by atoms with Crippen LogP contribution in [0.15, 0.2) is 42.6 Å². The quantitative estimate of drug-likeness (QED) is 0.803. The zero-order valence-electron chi connectivity index (χ0n) is 11.1. The average Bonchev–Trinajstić information content (AvgIpc) is 2.45. The van der Waals surface area contributed by atoms with E-state index in [0.717, 1.165) is 11.1 Å². The lowest BCUT2D eigenvalue weighted by Crippen LogP contribution is -2.19. The fourth-order valence-electron chi connectivity index (χ4n) is 1.69. The van der Waals surface area contributed by atoms with Crippen molar-refractivity contribution in [3.05, 3.63) is 48.2 Å². The third-order valence-corrected chi connectivity index (χ3v) is 2.74. The van der Waals surface area contributed by atoms with E-state index in [1.807, 2.05) is 0 Å². The van der Waals surface area contributed by atoms with Gasteiger partial charge in [0.25, 0.3) is 0 Å². The molecular weight excluding hydrogens is 283 g/mol. The van der Waals surface area contributed by atoms with Crippen molar-refractivity contribution >= 4 is 5.78 Å². The highest BCUT2D eigenvalue weighted by molar-refractivity contribution is 5.94. The lowest BCUT2D eigenvalue weighted by Gasteiger charge is -2.08. The first-order valence-corrected chi connectivity index (χ1v) is 6.12. The standard InChI is InChI=1S/C15H12F3NO2/c1-10(20)11-2-4-12(5-3-11)13-6-7-14(19-8-13)21-9-15(16,17)18/h2-8H,9H2,1H3. The van der Waals surface area contributed by atoms with E-state index in [2.05, 4.69) is 9.72 Å². The summed E-state index contributed by atoms with van der Waals surface area (Å²) in [4.78, 5) is 15.0. The summed E-state index contributed by atoms with van der Waals surface area (Å²) in [5.74, 6) is -0.119. The molecule has 0 radical (unpaired) electrons. The zero-order chi connectivity index (χ0) is 15.5. The van der Waals surface area contributed by atoms with Gasteiger partial charge in [-0.3, -0.25) is 4.79 Å². The smallest absolute Gasteiger partial charge is 0.422 e. The van der Waals surface area contributed by atoms with Crippen LogP contribution >= 0.6 is 0 Å². The molecule has 0 aliphatic carbocycles. The SMILES string of the molecule is CC(=O)c1ccc(-c2ccc(OCC(F)(F)F)nc2)cc1. The Hall–Kier alpha value is -2.37. The molecule has 6 heteroatoms. The zero-order valence-corrected chi connectivity index (χ0v) is 11.1. The molecule has 21 heavy (non-hydrogen) atoms. The van der Waals surface area contributed by atoms with Crippen molar-refractivity contribution in [2.24, 2.45) is 0 Å². The van der Waals surface area contributed by atoms with Gasteiger partial charge in [-0.1, -0.05) is 24.3 Å². The Labute approximate surface area is 119 Å². The summed E-state index contributed by atoms with van der Waals surface area (Å²) in [6.45, 7) is 0.107. The Kier molecular flexibility index (Phi) is 4.26. The minimum Gasteiger partial charge on any atom is -0.468 e. The maximum absolute atomic E-state index is 12.0. The van der Waals surface area contributed by atoms with Crippen LogP contribution in [0.2, 0.25) is 0 Å². The molecule has 1 aromatic carbocycles. The number of aromatic nitrogens is 1. The molecule has 2 rings (SSSR count). The average molecular weight is 295 g/mol.